The Morgan fingerprint density at radius 3 is 1.50 bits per heavy atom. The lowest BCUT2D eigenvalue weighted by Gasteiger charge is -2.19. The van der Waals surface area contributed by atoms with E-state index < -0.39 is 6.72 Å². The first-order valence-electron chi connectivity index (χ1n) is 5.11. The van der Waals surface area contributed by atoms with Crippen molar-refractivity contribution < 1.29 is 13.1 Å². The summed E-state index contributed by atoms with van der Waals surface area (Å²) in [6, 6.07) is 18.1. The van der Waals surface area contributed by atoms with Gasteiger partial charge >= 0.3 is 6.72 Å². The van der Waals surface area contributed by atoms with Crippen LogP contribution in [0.1, 0.15) is 0 Å². The maximum atomic E-state index is 5.50. The van der Waals surface area contributed by atoms with Crippen molar-refractivity contribution in [3.63, 3.8) is 0 Å². The lowest BCUT2D eigenvalue weighted by molar-refractivity contribution is 0.398. The van der Waals surface area contributed by atoms with Crippen LogP contribution in [-0.2, 0) is 15.9 Å². The van der Waals surface area contributed by atoms with E-state index in [1.807, 2.05) is 36.4 Å². The molecule has 0 bridgehead atoms. The van der Waals surface area contributed by atoms with Crippen LogP contribution < -0.4 is 9.05 Å². The minimum Gasteiger partial charge on any atom is -0.415 e. The maximum Gasteiger partial charge on any atom is 0.451 e. The van der Waals surface area contributed by atoms with E-state index in [0.717, 1.165) is 0 Å². The molecule has 0 atom stereocenters. The average Bonchev–Trinajstić information content (AvgIpc) is 2.41. The number of halogens is 1. The van der Waals surface area contributed by atoms with Crippen LogP contribution in [0.25, 0.3) is 0 Å². The number of hydrogen-bond donors (Lipinski definition) is 0. The average molecular weight is 301 g/mol. The van der Waals surface area contributed by atoms with Crippen molar-refractivity contribution in [2.45, 2.75) is 0 Å². The summed E-state index contributed by atoms with van der Waals surface area (Å²) in [6.45, 7) is -3.05. The predicted molar refractivity (Wildman–Crippen MR) is 75.4 cm³/mol. The highest BCUT2D eigenvalue weighted by molar-refractivity contribution is 8.08. The Kier molecular flexibility index (Phi) is 4.61. The van der Waals surface area contributed by atoms with E-state index in [1.54, 1.807) is 24.3 Å². The molecule has 0 aliphatic heterocycles. The summed E-state index contributed by atoms with van der Waals surface area (Å²) in [7, 11) is 0. The van der Waals surface area contributed by atoms with Gasteiger partial charge < -0.3 is 9.05 Å². The van der Waals surface area contributed by atoms with Gasteiger partial charge in [0, 0.05) is 11.8 Å². The van der Waals surface area contributed by atoms with Gasteiger partial charge in [-0.25, -0.2) is 0 Å². The Bertz CT molecular complexity index is 490. The molecule has 0 radical (unpaired) electrons. The summed E-state index contributed by atoms with van der Waals surface area (Å²) in [5, 5.41) is 0. The van der Waals surface area contributed by atoms with Gasteiger partial charge in [-0.2, -0.15) is 4.08 Å². The molecule has 0 aromatic heterocycles. The van der Waals surface area contributed by atoms with E-state index in [2.05, 4.69) is 0 Å². The Morgan fingerprint density at radius 1 is 0.778 bits per heavy atom. The molecule has 94 valence electrons. The van der Waals surface area contributed by atoms with Crippen LogP contribution in [0, 0.1) is 0 Å². The highest BCUT2D eigenvalue weighted by atomic mass is 35.5. The fraction of sp³-hybridized carbons (Fsp3) is 0. The molecule has 0 saturated carbocycles. The molecule has 0 aliphatic rings. The zero-order valence-corrected chi connectivity index (χ0v) is 11.7. The molecular formula is C12H10ClO3PS. The SMILES string of the molecule is S=P(OCl)(Oc1ccccc1)Oc1ccccc1. The molecule has 0 fully saturated rings. The van der Waals surface area contributed by atoms with Crippen LogP contribution in [0.4, 0.5) is 0 Å². The van der Waals surface area contributed by atoms with Gasteiger partial charge in [-0.15, -0.1) is 0 Å². The first-order valence-corrected chi connectivity index (χ1v) is 7.98. The van der Waals surface area contributed by atoms with E-state index in [4.69, 9.17) is 36.8 Å². The molecule has 2 aromatic rings. The molecule has 0 spiro atoms. The molecule has 6 heteroatoms. The number of hydrogen-bond acceptors (Lipinski definition) is 4. The lowest BCUT2D eigenvalue weighted by atomic mass is 10.3. The summed E-state index contributed by atoms with van der Waals surface area (Å²) in [5.41, 5.74) is 0. The van der Waals surface area contributed by atoms with Crippen LogP contribution in [0.5, 0.6) is 11.5 Å². The summed E-state index contributed by atoms with van der Waals surface area (Å²) in [5.74, 6) is 1.11. The molecule has 3 nitrogen and oxygen atoms in total. The van der Waals surface area contributed by atoms with Crippen molar-refractivity contribution in [1.82, 2.24) is 0 Å². The summed E-state index contributed by atoms with van der Waals surface area (Å²) < 4.78 is 15.7. The minimum absolute atomic E-state index is 0.553. The predicted octanol–water partition coefficient (Wildman–Crippen LogP) is 4.54. The summed E-state index contributed by atoms with van der Waals surface area (Å²) in [6.07, 6.45) is 0. The van der Waals surface area contributed by atoms with Crippen molar-refractivity contribution in [3.05, 3.63) is 60.7 Å². The first-order chi connectivity index (χ1) is 8.72. The fourth-order valence-corrected chi connectivity index (χ4v) is 2.81. The normalized spacial score (nSPS) is 10.9. The van der Waals surface area contributed by atoms with Crippen molar-refractivity contribution in [2.24, 2.45) is 0 Å². The second-order valence-electron chi connectivity index (χ2n) is 3.32. The number of rotatable bonds is 5. The van der Waals surface area contributed by atoms with Crippen molar-refractivity contribution >= 4 is 30.4 Å². The second kappa shape index (κ2) is 6.21. The third-order valence-corrected chi connectivity index (χ3v) is 4.50. The van der Waals surface area contributed by atoms with Gasteiger partial charge in [0.15, 0.2) is 0 Å². The minimum atomic E-state index is -3.05. The number of benzene rings is 2. The Hall–Kier alpha value is -1.06. The molecule has 18 heavy (non-hydrogen) atoms. The Balaban J connectivity index is 2.14. The van der Waals surface area contributed by atoms with Gasteiger partial charge in [-0.3, -0.25) is 0 Å². The zero-order valence-electron chi connectivity index (χ0n) is 9.23. The van der Waals surface area contributed by atoms with E-state index >= 15 is 0 Å². The summed E-state index contributed by atoms with van der Waals surface area (Å²) >= 11 is 10.6. The third kappa shape index (κ3) is 3.72. The van der Waals surface area contributed by atoms with Gasteiger partial charge in [0.05, 0.1) is 11.9 Å². The third-order valence-electron chi connectivity index (χ3n) is 2.01. The highest BCUT2D eigenvalue weighted by Crippen LogP contribution is 2.50. The maximum absolute atomic E-state index is 5.50. The monoisotopic (exact) mass is 300 g/mol. The molecule has 0 aliphatic carbocycles. The lowest BCUT2D eigenvalue weighted by Crippen LogP contribution is -2.00. The van der Waals surface area contributed by atoms with E-state index in [-0.39, 0.29) is 0 Å². The standard InChI is InChI=1S/C12H10ClO3PS/c13-16-17(18,14-11-7-3-1-4-8-11)15-12-9-5-2-6-10-12/h1-10H. The molecule has 0 heterocycles. The zero-order chi connectivity index (χ0) is 12.8. The van der Waals surface area contributed by atoms with Crippen LogP contribution in [0.3, 0.4) is 0 Å². The molecular weight excluding hydrogens is 291 g/mol. The van der Waals surface area contributed by atoms with E-state index in [0.29, 0.717) is 11.5 Å². The first kappa shape index (κ1) is 13.4. The van der Waals surface area contributed by atoms with E-state index in [1.165, 1.54) is 0 Å². The van der Waals surface area contributed by atoms with Gasteiger partial charge in [0.1, 0.15) is 11.5 Å². The molecule has 2 aromatic carbocycles. The highest BCUT2D eigenvalue weighted by Gasteiger charge is 2.24. The van der Waals surface area contributed by atoms with Crippen LogP contribution >= 0.6 is 18.6 Å². The topological polar surface area (TPSA) is 27.7 Å². The van der Waals surface area contributed by atoms with Crippen molar-refractivity contribution in [1.29, 1.82) is 0 Å². The number of para-hydroxylation sites is 2. The molecule has 0 amide bonds. The second-order valence-corrected chi connectivity index (χ2v) is 6.48. The summed E-state index contributed by atoms with van der Waals surface area (Å²) in [4.78, 5) is 0. The van der Waals surface area contributed by atoms with Crippen LogP contribution in [0.15, 0.2) is 60.7 Å². The van der Waals surface area contributed by atoms with Crippen LogP contribution in [-0.4, -0.2) is 0 Å². The van der Waals surface area contributed by atoms with Gasteiger partial charge in [-0.1, -0.05) is 36.4 Å². The smallest absolute Gasteiger partial charge is 0.415 e. The Labute approximate surface area is 116 Å². The molecule has 2 rings (SSSR count). The van der Waals surface area contributed by atoms with Gasteiger partial charge in [0.2, 0.25) is 0 Å². The Morgan fingerprint density at radius 2 is 1.17 bits per heavy atom. The van der Waals surface area contributed by atoms with Gasteiger partial charge in [0.25, 0.3) is 0 Å². The van der Waals surface area contributed by atoms with Crippen molar-refractivity contribution in [2.75, 3.05) is 0 Å². The molecule has 0 saturated heterocycles. The van der Waals surface area contributed by atoms with Gasteiger partial charge in [-0.05, 0) is 24.3 Å². The quantitative estimate of drug-likeness (QED) is 0.758. The molecule has 0 N–H and O–H groups in total. The van der Waals surface area contributed by atoms with Crippen LogP contribution in [0.2, 0.25) is 0 Å². The fourth-order valence-electron chi connectivity index (χ4n) is 1.27. The largest absolute Gasteiger partial charge is 0.451 e. The van der Waals surface area contributed by atoms with E-state index in [9.17, 15) is 0 Å². The van der Waals surface area contributed by atoms with Crippen molar-refractivity contribution in [3.8, 4) is 11.5 Å². The molecule has 0 unspecified atom stereocenters.